The van der Waals surface area contributed by atoms with E-state index in [2.05, 4.69) is 10.6 Å². The number of carbonyl (C=O) groups excluding carboxylic acids is 3. The SMILES string of the molecule is CCO[C@H](C)C(=O)Nc1ccc(F)c(N2C(=O)CNC2=O)c1C. The molecule has 1 heterocycles. The molecule has 0 bridgehead atoms. The molecule has 7 nitrogen and oxygen atoms in total. The fraction of sp³-hybridized carbons (Fsp3) is 0.400. The summed E-state index contributed by atoms with van der Waals surface area (Å²) in [5, 5.41) is 4.95. The van der Waals surface area contributed by atoms with Crippen LogP contribution in [0.4, 0.5) is 20.6 Å². The Morgan fingerprint density at radius 1 is 1.48 bits per heavy atom. The molecule has 1 aliphatic heterocycles. The highest BCUT2D eigenvalue weighted by atomic mass is 19.1. The lowest BCUT2D eigenvalue weighted by Crippen LogP contribution is -2.33. The normalized spacial score (nSPS) is 15.6. The van der Waals surface area contributed by atoms with Gasteiger partial charge in [-0.25, -0.2) is 14.1 Å². The summed E-state index contributed by atoms with van der Waals surface area (Å²) in [7, 11) is 0. The molecule has 0 saturated carbocycles. The maximum absolute atomic E-state index is 14.1. The third-order valence-electron chi connectivity index (χ3n) is 3.49. The molecule has 8 heteroatoms. The van der Waals surface area contributed by atoms with E-state index in [0.717, 1.165) is 11.0 Å². The molecule has 0 radical (unpaired) electrons. The molecule has 1 aromatic rings. The van der Waals surface area contributed by atoms with Gasteiger partial charge in [-0.1, -0.05) is 0 Å². The Hall–Kier alpha value is -2.48. The second-order valence-electron chi connectivity index (χ2n) is 5.04. The first kappa shape index (κ1) is 16.9. The van der Waals surface area contributed by atoms with Crippen molar-refractivity contribution < 1.29 is 23.5 Å². The number of imide groups is 1. The number of halogens is 1. The van der Waals surface area contributed by atoms with Gasteiger partial charge < -0.3 is 15.4 Å². The molecule has 1 atom stereocenters. The van der Waals surface area contributed by atoms with Gasteiger partial charge in [-0.15, -0.1) is 0 Å². The van der Waals surface area contributed by atoms with Gasteiger partial charge in [-0.2, -0.15) is 0 Å². The van der Waals surface area contributed by atoms with E-state index in [1.165, 1.54) is 13.0 Å². The van der Waals surface area contributed by atoms with Crippen molar-refractivity contribution in [3.8, 4) is 0 Å². The molecule has 2 N–H and O–H groups in total. The van der Waals surface area contributed by atoms with Crippen LogP contribution in [0.2, 0.25) is 0 Å². The van der Waals surface area contributed by atoms with Gasteiger partial charge in [-0.3, -0.25) is 9.59 Å². The number of carbonyl (C=O) groups is 3. The van der Waals surface area contributed by atoms with Crippen LogP contribution < -0.4 is 15.5 Å². The molecular weight excluding hydrogens is 305 g/mol. The highest BCUT2D eigenvalue weighted by Crippen LogP contribution is 2.31. The van der Waals surface area contributed by atoms with E-state index in [1.807, 2.05) is 0 Å². The number of amides is 4. The molecule has 4 amide bonds. The third kappa shape index (κ3) is 3.31. The number of ether oxygens (including phenoxy) is 1. The van der Waals surface area contributed by atoms with Crippen molar-refractivity contribution in [1.29, 1.82) is 0 Å². The Balaban J connectivity index is 2.34. The van der Waals surface area contributed by atoms with Crippen molar-refractivity contribution in [2.45, 2.75) is 26.9 Å². The van der Waals surface area contributed by atoms with E-state index in [9.17, 15) is 18.8 Å². The van der Waals surface area contributed by atoms with E-state index in [1.54, 1.807) is 13.8 Å². The minimum Gasteiger partial charge on any atom is -0.369 e. The lowest BCUT2D eigenvalue weighted by molar-refractivity contribution is -0.126. The lowest BCUT2D eigenvalue weighted by Gasteiger charge is -2.20. The molecular formula is C15H18FN3O4. The Morgan fingerprint density at radius 3 is 2.74 bits per heavy atom. The molecule has 0 aromatic heterocycles. The number of nitrogens with one attached hydrogen (secondary N) is 2. The van der Waals surface area contributed by atoms with Gasteiger partial charge in [0.15, 0.2) is 0 Å². The number of nitrogens with zero attached hydrogens (tertiary/aromatic N) is 1. The maximum Gasteiger partial charge on any atom is 0.329 e. The van der Waals surface area contributed by atoms with Crippen LogP contribution in [0.25, 0.3) is 0 Å². The first-order valence-electron chi connectivity index (χ1n) is 7.19. The van der Waals surface area contributed by atoms with Crippen LogP contribution in [0.15, 0.2) is 12.1 Å². The molecule has 0 spiro atoms. The van der Waals surface area contributed by atoms with E-state index in [4.69, 9.17) is 4.74 Å². The smallest absolute Gasteiger partial charge is 0.329 e. The average molecular weight is 323 g/mol. The summed E-state index contributed by atoms with van der Waals surface area (Å²) in [6.45, 7) is 5.08. The predicted molar refractivity (Wildman–Crippen MR) is 81.7 cm³/mol. The minimum absolute atomic E-state index is 0.160. The largest absolute Gasteiger partial charge is 0.369 e. The highest BCUT2D eigenvalue weighted by molar-refractivity contribution is 6.20. The summed E-state index contributed by atoms with van der Waals surface area (Å²) in [4.78, 5) is 36.3. The topological polar surface area (TPSA) is 87.7 Å². The molecule has 23 heavy (non-hydrogen) atoms. The quantitative estimate of drug-likeness (QED) is 0.805. The van der Waals surface area contributed by atoms with Crippen molar-refractivity contribution in [3.63, 3.8) is 0 Å². The number of urea groups is 1. The first-order chi connectivity index (χ1) is 10.9. The Kier molecular flexibility index (Phi) is 4.95. The second kappa shape index (κ2) is 6.74. The van der Waals surface area contributed by atoms with Crippen molar-refractivity contribution in [3.05, 3.63) is 23.5 Å². The maximum atomic E-state index is 14.1. The monoisotopic (exact) mass is 323 g/mol. The Morgan fingerprint density at radius 2 is 2.17 bits per heavy atom. The first-order valence-corrected chi connectivity index (χ1v) is 7.19. The fourth-order valence-electron chi connectivity index (χ4n) is 2.29. The van der Waals surface area contributed by atoms with Crippen LogP contribution in [0.3, 0.4) is 0 Å². The summed E-state index contributed by atoms with van der Waals surface area (Å²) in [6.07, 6.45) is -0.676. The highest BCUT2D eigenvalue weighted by Gasteiger charge is 2.34. The number of hydrogen-bond donors (Lipinski definition) is 2. The number of benzene rings is 1. The van der Waals surface area contributed by atoms with Crippen LogP contribution >= 0.6 is 0 Å². The van der Waals surface area contributed by atoms with E-state index < -0.39 is 29.8 Å². The lowest BCUT2D eigenvalue weighted by atomic mass is 10.1. The molecule has 124 valence electrons. The molecule has 2 rings (SSSR count). The third-order valence-corrected chi connectivity index (χ3v) is 3.49. The van der Waals surface area contributed by atoms with Gasteiger partial charge in [-0.05, 0) is 38.5 Å². The summed E-state index contributed by atoms with van der Waals surface area (Å²) in [6, 6.07) is 1.79. The zero-order valence-electron chi connectivity index (χ0n) is 13.1. The Labute approximate surface area is 132 Å². The molecule has 1 aromatic carbocycles. The van der Waals surface area contributed by atoms with Crippen LogP contribution in [-0.4, -0.2) is 37.1 Å². The van der Waals surface area contributed by atoms with Gasteiger partial charge in [0.05, 0.1) is 12.2 Å². The zero-order valence-corrected chi connectivity index (χ0v) is 13.1. The molecule has 1 aliphatic rings. The van der Waals surface area contributed by atoms with Crippen LogP contribution in [-0.2, 0) is 14.3 Å². The van der Waals surface area contributed by atoms with Crippen LogP contribution in [0, 0.1) is 12.7 Å². The summed E-state index contributed by atoms with van der Waals surface area (Å²) < 4.78 is 19.3. The number of rotatable bonds is 5. The number of hydrogen-bond acceptors (Lipinski definition) is 4. The van der Waals surface area contributed by atoms with Crippen molar-refractivity contribution in [1.82, 2.24) is 5.32 Å². The van der Waals surface area contributed by atoms with E-state index in [-0.39, 0.29) is 17.8 Å². The number of anilines is 2. The summed E-state index contributed by atoms with van der Waals surface area (Å²) in [5.41, 5.74) is 0.435. The van der Waals surface area contributed by atoms with E-state index in [0.29, 0.717) is 12.3 Å². The fourth-order valence-corrected chi connectivity index (χ4v) is 2.29. The molecule has 1 saturated heterocycles. The van der Waals surface area contributed by atoms with Crippen LogP contribution in [0.1, 0.15) is 19.4 Å². The molecule has 0 aliphatic carbocycles. The summed E-state index contributed by atoms with van der Waals surface area (Å²) in [5.74, 6) is -1.67. The van der Waals surface area contributed by atoms with Gasteiger partial charge >= 0.3 is 6.03 Å². The van der Waals surface area contributed by atoms with Crippen molar-refractivity contribution in [2.75, 3.05) is 23.4 Å². The molecule has 1 fully saturated rings. The Bertz CT molecular complexity index is 646. The van der Waals surface area contributed by atoms with Gasteiger partial charge in [0, 0.05) is 12.3 Å². The average Bonchev–Trinajstić information content (AvgIpc) is 2.82. The van der Waals surface area contributed by atoms with Crippen molar-refractivity contribution in [2.24, 2.45) is 0 Å². The predicted octanol–water partition coefficient (Wildman–Crippen LogP) is 1.55. The second-order valence-corrected chi connectivity index (χ2v) is 5.04. The van der Waals surface area contributed by atoms with Crippen molar-refractivity contribution >= 4 is 29.2 Å². The van der Waals surface area contributed by atoms with Crippen LogP contribution in [0.5, 0.6) is 0 Å². The standard InChI is InChI=1S/C15H18FN3O4/c1-4-23-9(3)14(21)18-11-6-5-10(16)13(8(11)2)19-12(20)7-17-15(19)22/h5-6,9H,4,7H2,1-3H3,(H,17,22)(H,18,21)/t9-/m1/s1. The van der Waals surface area contributed by atoms with Gasteiger partial charge in [0.2, 0.25) is 0 Å². The zero-order chi connectivity index (χ0) is 17.1. The molecule has 0 unspecified atom stereocenters. The van der Waals surface area contributed by atoms with E-state index >= 15 is 0 Å². The van der Waals surface area contributed by atoms with Gasteiger partial charge in [0.1, 0.15) is 11.9 Å². The minimum atomic E-state index is -0.719. The summed E-state index contributed by atoms with van der Waals surface area (Å²) >= 11 is 0. The van der Waals surface area contributed by atoms with Gasteiger partial charge in [0.25, 0.3) is 11.8 Å².